The molecule has 0 heterocycles. The second-order valence-corrected chi connectivity index (χ2v) is 4.47. The predicted octanol–water partition coefficient (Wildman–Crippen LogP) is 3.10. The largest absolute Gasteiger partial charge is 0.494 e. The Bertz CT molecular complexity index is 307. The van der Waals surface area contributed by atoms with Crippen LogP contribution in [0.3, 0.4) is 0 Å². The van der Waals surface area contributed by atoms with Crippen LogP contribution in [-0.4, -0.2) is 13.2 Å². The van der Waals surface area contributed by atoms with Gasteiger partial charge in [0.25, 0.3) is 0 Å². The Hall–Kier alpha value is -1.02. The molecule has 0 amide bonds. The van der Waals surface area contributed by atoms with Gasteiger partial charge in [0.15, 0.2) is 0 Å². The molecule has 90 valence electrons. The molecule has 0 aromatic heterocycles. The summed E-state index contributed by atoms with van der Waals surface area (Å²) >= 11 is 0. The summed E-state index contributed by atoms with van der Waals surface area (Å²) in [6.07, 6.45) is 2.28. The fourth-order valence-electron chi connectivity index (χ4n) is 2.04. The summed E-state index contributed by atoms with van der Waals surface area (Å²) < 4.78 is 5.44. The molecule has 1 aromatic carbocycles. The summed E-state index contributed by atoms with van der Waals surface area (Å²) in [6.45, 7) is 7.82. The van der Waals surface area contributed by atoms with Crippen LogP contribution >= 0.6 is 0 Å². The van der Waals surface area contributed by atoms with E-state index in [2.05, 4.69) is 26.0 Å². The van der Waals surface area contributed by atoms with Gasteiger partial charge in [0, 0.05) is 12.0 Å². The molecule has 0 saturated heterocycles. The third-order valence-electron chi connectivity index (χ3n) is 3.11. The summed E-state index contributed by atoms with van der Waals surface area (Å²) in [5.74, 6) is 0.933. The summed E-state index contributed by atoms with van der Waals surface area (Å²) in [4.78, 5) is 0. The van der Waals surface area contributed by atoms with Crippen LogP contribution < -0.4 is 10.5 Å². The van der Waals surface area contributed by atoms with Crippen LogP contribution in [0.15, 0.2) is 24.3 Å². The zero-order valence-corrected chi connectivity index (χ0v) is 10.6. The first-order chi connectivity index (χ1) is 7.66. The van der Waals surface area contributed by atoms with Crippen LogP contribution in [0.5, 0.6) is 5.75 Å². The predicted molar refractivity (Wildman–Crippen MR) is 68.9 cm³/mol. The molecule has 2 heteroatoms. The number of nitrogens with two attached hydrogens (primary N) is 1. The zero-order chi connectivity index (χ0) is 12.0. The lowest BCUT2D eigenvalue weighted by molar-refractivity contribution is 0.339. The van der Waals surface area contributed by atoms with Gasteiger partial charge in [-0.15, -0.1) is 0 Å². The van der Waals surface area contributed by atoms with Gasteiger partial charge in [-0.1, -0.05) is 32.4 Å². The fraction of sp³-hybridized carbons (Fsp3) is 0.571. The van der Waals surface area contributed by atoms with Crippen molar-refractivity contribution in [2.75, 3.05) is 13.2 Å². The fourth-order valence-corrected chi connectivity index (χ4v) is 2.04. The van der Waals surface area contributed by atoms with Gasteiger partial charge in [0.1, 0.15) is 5.75 Å². The Balaban J connectivity index is 2.85. The average Bonchev–Trinajstić information content (AvgIpc) is 2.30. The highest BCUT2D eigenvalue weighted by Crippen LogP contribution is 2.29. The topological polar surface area (TPSA) is 35.2 Å². The van der Waals surface area contributed by atoms with Gasteiger partial charge < -0.3 is 10.5 Å². The summed E-state index contributed by atoms with van der Waals surface area (Å²) in [5, 5.41) is 0. The molecule has 0 fully saturated rings. The lowest BCUT2D eigenvalue weighted by atomic mass is 9.79. The number of hydrogen-bond acceptors (Lipinski definition) is 2. The van der Waals surface area contributed by atoms with Crippen molar-refractivity contribution in [3.05, 3.63) is 29.8 Å². The maximum atomic E-state index is 5.89. The molecule has 1 atom stereocenters. The Labute approximate surface area is 98.8 Å². The Morgan fingerprint density at radius 3 is 2.25 bits per heavy atom. The second kappa shape index (κ2) is 5.90. The van der Waals surface area contributed by atoms with E-state index in [0.717, 1.165) is 18.6 Å². The Morgan fingerprint density at radius 1 is 1.19 bits per heavy atom. The van der Waals surface area contributed by atoms with Gasteiger partial charge in [-0.3, -0.25) is 0 Å². The standard InChI is InChI=1S/C14H23NO/c1-4-10-14(3,11-15)12-6-8-13(9-7-12)16-5-2/h6-9H,4-5,10-11,15H2,1-3H3. The normalized spacial score (nSPS) is 14.5. The molecule has 2 N–H and O–H groups in total. The van der Waals surface area contributed by atoms with Crippen LogP contribution in [-0.2, 0) is 5.41 Å². The van der Waals surface area contributed by atoms with E-state index in [0.29, 0.717) is 13.2 Å². The summed E-state index contributed by atoms with van der Waals surface area (Å²) in [7, 11) is 0. The van der Waals surface area contributed by atoms with E-state index < -0.39 is 0 Å². The van der Waals surface area contributed by atoms with E-state index >= 15 is 0 Å². The van der Waals surface area contributed by atoms with Gasteiger partial charge in [0.2, 0.25) is 0 Å². The third kappa shape index (κ3) is 2.99. The molecule has 16 heavy (non-hydrogen) atoms. The molecular formula is C14H23NO. The van der Waals surface area contributed by atoms with Crippen LogP contribution in [0, 0.1) is 0 Å². The highest BCUT2D eigenvalue weighted by molar-refractivity contribution is 5.32. The number of ether oxygens (including phenoxy) is 1. The van der Waals surface area contributed by atoms with E-state index in [1.807, 2.05) is 19.1 Å². The minimum Gasteiger partial charge on any atom is -0.494 e. The van der Waals surface area contributed by atoms with Gasteiger partial charge in [-0.2, -0.15) is 0 Å². The molecule has 0 radical (unpaired) electrons. The Morgan fingerprint density at radius 2 is 1.81 bits per heavy atom. The smallest absolute Gasteiger partial charge is 0.119 e. The third-order valence-corrected chi connectivity index (χ3v) is 3.11. The molecule has 1 rings (SSSR count). The van der Waals surface area contributed by atoms with Crippen LogP contribution in [0.1, 0.15) is 39.2 Å². The molecule has 0 bridgehead atoms. The van der Waals surface area contributed by atoms with E-state index in [-0.39, 0.29) is 5.41 Å². The SMILES string of the molecule is CCCC(C)(CN)c1ccc(OCC)cc1. The molecule has 1 aromatic rings. The van der Waals surface area contributed by atoms with E-state index in [4.69, 9.17) is 10.5 Å². The van der Waals surface area contributed by atoms with E-state index in [9.17, 15) is 0 Å². The van der Waals surface area contributed by atoms with Crippen molar-refractivity contribution >= 4 is 0 Å². The highest BCUT2D eigenvalue weighted by atomic mass is 16.5. The van der Waals surface area contributed by atoms with Gasteiger partial charge >= 0.3 is 0 Å². The highest BCUT2D eigenvalue weighted by Gasteiger charge is 2.23. The molecule has 0 aliphatic rings. The van der Waals surface area contributed by atoms with E-state index in [1.54, 1.807) is 0 Å². The lowest BCUT2D eigenvalue weighted by Crippen LogP contribution is -2.31. The first kappa shape index (κ1) is 13.0. The van der Waals surface area contributed by atoms with Crippen molar-refractivity contribution in [3.63, 3.8) is 0 Å². The lowest BCUT2D eigenvalue weighted by Gasteiger charge is -2.28. The molecule has 1 unspecified atom stereocenters. The molecule has 0 aliphatic heterocycles. The molecule has 2 nitrogen and oxygen atoms in total. The van der Waals surface area contributed by atoms with Crippen molar-refractivity contribution in [1.29, 1.82) is 0 Å². The van der Waals surface area contributed by atoms with E-state index in [1.165, 1.54) is 5.56 Å². The van der Waals surface area contributed by atoms with Crippen molar-refractivity contribution in [2.24, 2.45) is 5.73 Å². The minimum absolute atomic E-state index is 0.0967. The first-order valence-corrected chi connectivity index (χ1v) is 6.09. The number of rotatable bonds is 6. The zero-order valence-electron chi connectivity index (χ0n) is 10.6. The molecule has 0 spiro atoms. The second-order valence-electron chi connectivity index (χ2n) is 4.47. The number of benzene rings is 1. The van der Waals surface area contributed by atoms with Gasteiger partial charge in [-0.25, -0.2) is 0 Å². The maximum Gasteiger partial charge on any atom is 0.119 e. The minimum atomic E-state index is 0.0967. The van der Waals surface area contributed by atoms with Crippen molar-refractivity contribution < 1.29 is 4.74 Å². The van der Waals surface area contributed by atoms with Crippen LogP contribution in [0.4, 0.5) is 0 Å². The molecule has 0 saturated carbocycles. The molecular weight excluding hydrogens is 198 g/mol. The Kier molecular flexibility index (Phi) is 4.81. The quantitative estimate of drug-likeness (QED) is 0.801. The van der Waals surface area contributed by atoms with Gasteiger partial charge in [0.05, 0.1) is 6.61 Å². The van der Waals surface area contributed by atoms with Crippen molar-refractivity contribution in [2.45, 2.75) is 39.0 Å². The molecule has 0 aliphatic carbocycles. The average molecular weight is 221 g/mol. The number of hydrogen-bond donors (Lipinski definition) is 1. The monoisotopic (exact) mass is 221 g/mol. The first-order valence-electron chi connectivity index (χ1n) is 6.09. The van der Waals surface area contributed by atoms with Crippen molar-refractivity contribution in [1.82, 2.24) is 0 Å². The maximum absolute atomic E-state index is 5.89. The summed E-state index contributed by atoms with van der Waals surface area (Å²) in [6, 6.07) is 8.33. The van der Waals surface area contributed by atoms with Crippen molar-refractivity contribution in [3.8, 4) is 5.75 Å². The van der Waals surface area contributed by atoms with Gasteiger partial charge in [-0.05, 0) is 31.0 Å². The van der Waals surface area contributed by atoms with Crippen LogP contribution in [0.2, 0.25) is 0 Å². The van der Waals surface area contributed by atoms with Crippen LogP contribution in [0.25, 0.3) is 0 Å². The summed E-state index contributed by atoms with van der Waals surface area (Å²) in [5.41, 5.74) is 7.29.